The number of nitrogens with zero attached hydrogens (tertiary/aromatic N) is 4. The normalized spacial score (nSPS) is 14.1. The fourth-order valence-electron chi connectivity index (χ4n) is 3.67. The minimum absolute atomic E-state index is 0.168. The van der Waals surface area contributed by atoms with Gasteiger partial charge in [-0.3, -0.25) is 9.36 Å². The van der Waals surface area contributed by atoms with Crippen molar-refractivity contribution in [3.05, 3.63) is 52.4 Å². The van der Waals surface area contributed by atoms with Gasteiger partial charge in [0.15, 0.2) is 11.5 Å². The Morgan fingerprint density at radius 2 is 1.87 bits per heavy atom. The minimum atomic E-state index is -0.530. The highest BCUT2D eigenvalue weighted by molar-refractivity contribution is 6.06. The van der Waals surface area contributed by atoms with Crippen LogP contribution in [0.25, 0.3) is 22.4 Å². The topological polar surface area (TPSA) is 86.6 Å². The molecule has 8 heteroatoms. The van der Waals surface area contributed by atoms with Crippen molar-refractivity contribution >= 4 is 22.7 Å². The van der Waals surface area contributed by atoms with Crippen LogP contribution in [-0.4, -0.2) is 53.4 Å². The lowest BCUT2D eigenvalue weighted by Crippen LogP contribution is -2.37. The molecule has 2 aromatic heterocycles. The SMILES string of the molecule is CCOC(=O)c1nc(-c2ccccc2)nc2c1c(N1CCOCC1)cc(=O)n2CC. The number of aryl methyl sites for hydroxylation is 1. The highest BCUT2D eigenvalue weighted by atomic mass is 16.5. The van der Waals surface area contributed by atoms with Crippen molar-refractivity contribution in [2.24, 2.45) is 0 Å². The van der Waals surface area contributed by atoms with Gasteiger partial charge in [-0.25, -0.2) is 14.8 Å². The van der Waals surface area contributed by atoms with Crippen LogP contribution in [0.4, 0.5) is 5.69 Å². The number of carbonyl (C=O) groups excluding carboxylic acids is 1. The molecule has 0 amide bonds. The van der Waals surface area contributed by atoms with Crippen molar-refractivity contribution in [1.29, 1.82) is 0 Å². The van der Waals surface area contributed by atoms with Crippen LogP contribution in [0.2, 0.25) is 0 Å². The van der Waals surface area contributed by atoms with E-state index in [1.807, 2.05) is 42.2 Å². The maximum absolute atomic E-state index is 12.9. The average molecular weight is 408 g/mol. The smallest absolute Gasteiger partial charge is 0.357 e. The van der Waals surface area contributed by atoms with Gasteiger partial charge in [0.25, 0.3) is 5.56 Å². The van der Waals surface area contributed by atoms with Crippen molar-refractivity contribution in [3.8, 4) is 11.4 Å². The monoisotopic (exact) mass is 408 g/mol. The number of benzene rings is 1. The lowest BCUT2D eigenvalue weighted by atomic mass is 10.1. The standard InChI is InChI=1S/C22H24N4O4/c1-3-26-17(27)14-16(25-10-12-29-13-11-25)18-19(22(28)30-4-2)23-20(24-21(18)26)15-8-6-5-7-9-15/h5-9,14H,3-4,10-13H2,1-2H3. The Hall–Kier alpha value is -3.26. The van der Waals surface area contributed by atoms with E-state index in [1.54, 1.807) is 17.6 Å². The summed E-state index contributed by atoms with van der Waals surface area (Å²) in [7, 11) is 0. The molecule has 0 atom stereocenters. The molecule has 1 fully saturated rings. The van der Waals surface area contributed by atoms with Crippen LogP contribution in [0.1, 0.15) is 24.3 Å². The van der Waals surface area contributed by atoms with Crippen LogP contribution < -0.4 is 10.5 Å². The van der Waals surface area contributed by atoms with Crippen molar-refractivity contribution in [1.82, 2.24) is 14.5 Å². The van der Waals surface area contributed by atoms with E-state index in [1.165, 1.54) is 0 Å². The van der Waals surface area contributed by atoms with Crippen LogP contribution in [0, 0.1) is 0 Å². The van der Waals surface area contributed by atoms with Gasteiger partial charge in [0.2, 0.25) is 0 Å². The number of ether oxygens (including phenoxy) is 2. The third-order valence-corrected chi connectivity index (χ3v) is 5.10. The zero-order valence-electron chi connectivity index (χ0n) is 17.1. The second kappa shape index (κ2) is 8.62. The summed E-state index contributed by atoms with van der Waals surface area (Å²) in [5.41, 5.74) is 1.84. The fourth-order valence-corrected chi connectivity index (χ4v) is 3.67. The molecule has 156 valence electrons. The van der Waals surface area contributed by atoms with Gasteiger partial charge in [-0.2, -0.15) is 0 Å². The zero-order valence-corrected chi connectivity index (χ0v) is 17.1. The largest absolute Gasteiger partial charge is 0.461 e. The highest BCUT2D eigenvalue weighted by Gasteiger charge is 2.25. The van der Waals surface area contributed by atoms with Gasteiger partial charge in [-0.05, 0) is 13.8 Å². The Labute approximate surface area is 174 Å². The highest BCUT2D eigenvalue weighted by Crippen LogP contribution is 2.30. The third kappa shape index (κ3) is 3.66. The molecule has 4 rings (SSSR count). The molecule has 0 N–H and O–H groups in total. The minimum Gasteiger partial charge on any atom is -0.461 e. The number of pyridine rings is 1. The molecule has 1 aliphatic heterocycles. The maximum atomic E-state index is 12.9. The molecule has 0 saturated carbocycles. The van der Waals surface area contributed by atoms with E-state index in [2.05, 4.69) is 4.98 Å². The number of morpholine rings is 1. The number of hydrogen-bond acceptors (Lipinski definition) is 7. The predicted octanol–water partition coefficient (Wildman–Crippen LogP) is 2.49. The Morgan fingerprint density at radius 3 is 2.53 bits per heavy atom. The van der Waals surface area contributed by atoms with Crippen LogP contribution in [0.3, 0.4) is 0 Å². The quantitative estimate of drug-likeness (QED) is 0.600. The van der Waals surface area contributed by atoms with Gasteiger partial charge in [0.05, 0.1) is 30.9 Å². The molecule has 0 spiro atoms. The van der Waals surface area contributed by atoms with Crippen LogP contribution in [-0.2, 0) is 16.0 Å². The lowest BCUT2D eigenvalue weighted by Gasteiger charge is -2.30. The van der Waals surface area contributed by atoms with E-state index in [0.717, 1.165) is 5.56 Å². The van der Waals surface area contributed by atoms with Crippen LogP contribution in [0.15, 0.2) is 41.2 Å². The van der Waals surface area contributed by atoms with Gasteiger partial charge in [0, 0.05) is 31.3 Å². The van der Waals surface area contributed by atoms with Crippen LogP contribution >= 0.6 is 0 Å². The summed E-state index contributed by atoms with van der Waals surface area (Å²) < 4.78 is 12.3. The molecule has 0 bridgehead atoms. The summed E-state index contributed by atoms with van der Waals surface area (Å²) in [6.07, 6.45) is 0. The summed E-state index contributed by atoms with van der Waals surface area (Å²) in [5, 5.41) is 0.538. The second-order valence-corrected chi connectivity index (χ2v) is 6.89. The first kappa shape index (κ1) is 20.0. The van der Waals surface area contributed by atoms with Crippen molar-refractivity contribution in [3.63, 3.8) is 0 Å². The first-order valence-corrected chi connectivity index (χ1v) is 10.1. The molecule has 3 aromatic rings. The number of fused-ring (bicyclic) bond motifs is 1. The summed E-state index contributed by atoms with van der Waals surface area (Å²) in [5.74, 6) is -0.148. The summed E-state index contributed by atoms with van der Waals surface area (Å²) in [6.45, 7) is 6.62. The molecule has 1 aliphatic rings. The molecule has 0 unspecified atom stereocenters. The molecule has 3 heterocycles. The second-order valence-electron chi connectivity index (χ2n) is 6.89. The number of anilines is 1. The molecule has 30 heavy (non-hydrogen) atoms. The summed E-state index contributed by atoms with van der Waals surface area (Å²) >= 11 is 0. The van der Waals surface area contributed by atoms with E-state index in [4.69, 9.17) is 14.5 Å². The van der Waals surface area contributed by atoms with E-state index < -0.39 is 5.97 Å². The van der Waals surface area contributed by atoms with E-state index in [0.29, 0.717) is 55.4 Å². The molecule has 1 saturated heterocycles. The van der Waals surface area contributed by atoms with E-state index in [9.17, 15) is 9.59 Å². The first-order valence-electron chi connectivity index (χ1n) is 10.1. The molecular formula is C22H24N4O4. The van der Waals surface area contributed by atoms with Crippen molar-refractivity contribution in [2.45, 2.75) is 20.4 Å². The molecular weight excluding hydrogens is 384 g/mol. The van der Waals surface area contributed by atoms with Gasteiger partial charge in [-0.1, -0.05) is 30.3 Å². The molecule has 1 aromatic carbocycles. The molecule has 0 aliphatic carbocycles. The Balaban J connectivity index is 2.06. The number of aromatic nitrogens is 3. The van der Waals surface area contributed by atoms with Gasteiger partial charge < -0.3 is 14.4 Å². The number of hydrogen-bond donors (Lipinski definition) is 0. The number of carbonyl (C=O) groups is 1. The average Bonchev–Trinajstić information content (AvgIpc) is 2.79. The number of rotatable bonds is 5. The Bertz CT molecular complexity index is 1120. The lowest BCUT2D eigenvalue weighted by molar-refractivity contribution is 0.0522. The zero-order chi connectivity index (χ0) is 21.1. The predicted molar refractivity (Wildman–Crippen MR) is 114 cm³/mol. The van der Waals surface area contributed by atoms with Crippen molar-refractivity contribution < 1.29 is 14.3 Å². The van der Waals surface area contributed by atoms with Gasteiger partial charge >= 0.3 is 5.97 Å². The maximum Gasteiger partial charge on any atom is 0.357 e. The van der Waals surface area contributed by atoms with E-state index >= 15 is 0 Å². The van der Waals surface area contributed by atoms with E-state index in [-0.39, 0.29) is 17.9 Å². The molecule has 8 nitrogen and oxygen atoms in total. The third-order valence-electron chi connectivity index (χ3n) is 5.10. The Kier molecular flexibility index (Phi) is 5.76. The summed E-state index contributed by atoms with van der Waals surface area (Å²) in [6, 6.07) is 11.0. The first-order chi connectivity index (χ1) is 14.6. The van der Waals surface area contributed by atoms with Crippen molar-refractivity contribution in [2.75, 3.05) is 37.8 Å². The molecule has 0 radical (unpaired) electrons. The van der Waals surface area contributed by atoms with Crippen LogP contribution in [0.5, 0.6) is 0 Å². The fraction of sp³-hybridized carbons (Fsp3) is 0.364. The Morgan fingerprint density at radius 1 is 1.13 bits per heavy atom. The van der Waals surface area contributed by atoms with Gasteiger partial charge in [0.1, 0.15) is 5.65 Å². The number of esters is 1. The van der Waals surface area contributed by atoms with Gasteiger partial charge in [-0.15, -0.1) is 0 Å². The summed E-state index contributed by atoms with van der Waals surface area (Å²) in [4.78, 5) is 37.2.